The van der Waals surface area contributed by atoms with Gasteiger partial charge in [0.1, 0.15) is 0 Å². The number of benzene rings is 1. The van der Waals surface area contributed by atoms with Crippen molar-refractivity contribution in [2.45, 2.75) is 6.92 Å². The largest absolute Gasteiger partial charge is 0.360 e. The average Bonchev–Trinajstić information content (AvgIpc) is 2.50. The van der Waals surface area contributed by atoms with Gasteiger partial charge >= 0.3 is 0 Å². The van der Waals surface area contributed by atoms with Crippen molar-refractivity contribution in [2.24, 2.45) is 0 Å². The van der Waals surface area contributed by atoms with Crippen LogP contribution in [0.3, 0.4) is 0 Å². The maximum Gasteiger partial charge on any atom is 0.0498 e. The zero-order valence-electron chi connectivity index (χ0n) is 6.89. The molecule has 1 nitrogen and oxygen atoms in total. The molecule has 1 N–H and O–H groups in total. The molecule has 1 aromatic carbocycles. The van der Waals surface area contributed by atoms with E-state index < -0.39 is 0 Å². The van der Waals surface area contributed by atoms with Crippen LogP contribution in [0.4, 0.5) is 0 Å². The van der Waals surface area contributed by atoms with E-state index in [9.17, 15) is 0 Å². The Morgan fingerprint density at radius 1 is 1.25 bits per heavy atom. The Balaban J connectivity index is 2.76. The number of aromatic amines is 1. The Hall–Kier alpha value is -1.68. The number of hydrogen-bond donors (Lipinski definition) is 1. The van der Waals surface area contributed by atoms with Crippen LogP contribution in [0.15, 0.2) is 30.5 Å². The van der Waals surface area contributed by atoms with Gasteiger partial charge in [-0.2, -0.15) is 0 Å². The minimum absolute atomic E-state index is 1.08. The van der Waals surface area contributed by atoms with Gasteiger partial charge < -0.3 is 4.98 Å². The number of aromatic nitrogens is 1. The molecule has 1 heteroatoms. The smallest absolute Gasteiger partial charge is 0.0498 e. The molecular weight excluding hydrogens is 146 g/mol. The number of fused-ring (bicyclic) bond motifs is 1. The fourth-order valence-electron chi connectivity index (χ4n) is 1.31. The predicted molar refractivity (Wildman–Crippen MR) is 50.9 cm³/mol. The van der Waals surface area contributed by atoms with Gasteiger partial charge in [0.25, 0.3) is 0 Å². The summed E-state index contributed by atoms with van der Waals surface area (Å²) >= 11 is 0. The Kier molecular flexibility index (Phi) is 1.60. The molecule has 0 bridgehead atoms. The summed E-state index contributed by atoms with van der Waals surface area (Å²) in [5.74, 6) is 5.94. The lowest BCUT2D eigenvalue weighted by Crippen LogP contribution is -1.67. The Labute approximate surface area is 71.4 Å². The Morgan fingerprint density at radius 2 is 2.08 bits per heavy atom. The van der Waals surface area contributed by atoms with Gasteiger partial charge in [0.2, 0.25) is 0 Å². The van der Waals surface area contributed by atoms with Gasteiger partial charge in [0.15, 0.2) is 0 Å². The van der Waals surface area contributed by atoms with E-state index in [-0.39, 0.29) is 0 Å². The van der Waals surface area contributed by atoms with Gasteiger partial charge in [-0.25, -0.2) is 0 Å². The molecule has 0 amide bonds. The molecule has 0 radical (unpaired) electrons. The van der Waals surface area contributed by atoms with E-state index in [0.29, 0.717) is 0 Å². The number of hydrogen-bond acceptors (Lipinski definition) is 0. The molecule has 1 heterocycles. The number of nitrogens with one attached hydrogen (secondary N) is 1. The summed E-state index contributed by atoms with van der Waals surface area (Å²) in [6, 6.07) is 8.17. The fourth-order valence-corrected chi connectivity index (χ4v) is 1.31. The molecule has 2 aromatic rings. The molecule has 0 saturated carbocycles. The van der Waals surface area contributed by atoms with Crippen molar-refractivity contribution < 1.29 is 0 Å². The van der Waals surface area contributed by atoms with Crippen molar-refractivity contribution in [1.82, 2.24) is 4.98 Å². The van der Waals surface area contributed by atoms with Gasteiger partial charge in [-0.3, -0.25) is 0 Å². The number of rotatable bonds is 0. The zero-order chi connectivity index (χ0) is 8.39. The van der Waals surface area contributed by atoms with E-state index >= 15 is 0 Å². The molecule has 0 aliphatic heterocycles. The van der Waals surface area contributed by atoms with Crippen molar-refractivity contribution >= 4 is 10.9 Å². The van der Waals surface area contributed by atoms with E-state index in [2.05, 4.69) is 29.0 Å². The highest BCUT2D eigenvalue weighted by molar-refractivity contribution is 5.85. The lowest BCUT2D eigenvalue weighted by Gasteiger charge is -1.86. The molecule has 0 spiro atoms. The summed E-state index contributed by atoms with van der Waals surface area (Å²) in [4.78, 5) is 3.17. The minimum Gasteiger partial charge on any atom is -0.360 e. The average molecular weight is 155 g/mol. The zero-order valence-corrected chi connectivity index (χ0v) is 6.89. The first kappa shape index (κ1) is 7.00. The third-order valence-corrected chi connectivity index (χ3v) is 1.85. The van der Waals surface area contributed by atoms with Crippen molar-refractivity contribution in [1.29, 1.82) is 0 Å². The quantitative estimate of drug-likeness (QED) is 0.563. The van der Waals surface area contributed by atoms with E-state index in [4.69, 9.17) is 0 Å². The first-order valence-corrected chi connectivity index (χ1v) is 3.90. The molecule has 58 valence electrons. The van der Waals surface area contributed by atoms with E-state index in [1.54, 1.807) is 0 Å². The van der Waals surface area contributed by atoms with Crippen molar-refractivity contribution in [3.63, 3.8) is 0 Å². The van der Waals surface area contributed by atoms with Crippen LogP contribution >= 0.6 is 0 Å². The van der Waals surface area contributed by atoms with Crippen LogP contribution < -0.4 is 0 Å². The summed E-state index contributed by atoms with van der Waals surface area (Å²) in [5.41, 5.74) is 2.23. The van der Waals surface area contributed by atoms with Crippen molar-refractivity contribution in [3.05, 3.63) is 36.0 Å². The highest BCUT2D eigenvalue weighted by Gasteiger charge is 1.97. The van der Waals surface area contributed by atoms with E-state index in [1.165, 1.54) is 5.39 Å². The molecule has 2 rings (SSSR count). The lowest BCUT2D eigenvalue weighted by atomic mass is 10.2. The Bertz CT molecular complexity index is 454. The molecule has 0 aliphatic rings. The first-order valence-electron chi connectivity index (χ1n) is 3.90. The molecule has 0 atom stereocenters. The maximum absolute atomic E-state index is 3.17. The summed E-state index contributed by atoms with van der Waals surface area (Å²) in [5, 5.41) is 1.20. The predicted octanol–water partition coefficient (Wildman–Crippen LogP) is 2.54. The van der Waals surface area contributed by atoms with Crippen molar-refractivity contribution in [3.8, 4) is 11.8 Å². The fraction of sp³-hybridized carbons (Fsp3) is 0.0909. The highest BCUT2D eigenvalue weighted by Crippen LogP contribution is 2.15. The van der Waals surface area contributed by atoms with Gasteiger partial charge in [0, 0.05) is 22.7 Å². The number of para-hydroxylation sites is 1. The maximum atomic E-state index is 3.17. The van der Waals surface area contributed by atoms with Crippen LogP contribution in [0.25, 0.3) is 10.9 Å². The van der Waals surface area contributed by atoms with Gasteiger partial charge in [-0.1, -0.05) is 24.1 Å². The third-order valence-electron chi connectivity index (χ3n) is 1.85. The minimum atomic E-state index is 1.08. The molecule has 0 saturated heterocycles. The second-order valence-electron chi connectivity index (χ2n) is 2.62. The van der Waals surface area contributed by atoms with Gasteiger partial charge in [-0.05, 0) is 13.0 Å². The van der Waals surface area contributed by atoms with Crippen LogP contribution in [0, 0.1) is 11.8 Å². The first-order chi connectivity index (χ1) is 5.92. The van der Waals surface area contributed by atoms with Crippen LogP contribution in [-0.2, 0) is 0 Å². The summed E-state index contributed by atoms with van der Waals surface area (Å²) in [6.07, 6.45) is 1.95. The summed E-state index contributed by atoms with van der Waals surface area (Å²) in [7, 11) is 0. The van der Waals surface area contributed by atoms with Crippen LogP contribution in [0.1, 0.15) is 12.5 Å². The van der Waals surface area contributed by atoms with Crippen LogP contribution in [0.5, 0.6) is 0 Å². The van der Waals surface area contributed by atoms with Gasteiger partial charge in [0.05, 0.1) is 0 Å². The molecular formula is C11H9N. The number of H-pyrrole nitrogens is 1. The highest BCUT2D eigenvalue weighted by atomic mass is 14.7. The Morgan fingerprint density at radius 3 is 2.92 bits per heavy atom. The van der Waals surface area contributed by atoms with Crippen LogP contribution in [0.2, 0.25) is 0 Å². The molecule has 0 unspecified atom stereocenters. The topological polar surface area (TPSA) is 15.8 Å². The standard InChI is InChI=1S/C11H9N/c1-2-5-9-8-12-11-7-4-3-6-10(9)11/h3-4,6-8,12H,1H3. The lowest BCUT2D eigenvalue weighted by molar-refractivity contribution is 1.47. The van der Waals surface area contributed by atoms with E-state index in [1.807, 2.05) is 25.3 Å². The molecule has 0 aliphatic carbocycles. The molecule has 0 fully saturated rings. The monoisotopic (exact) mass is 155 g/mol. The molecule has 1 aromatic heterocycles. The van der Waals surface area contributed by atoms with Gasteiger partial charge in [-0.15, -0.1) is 5.92 Å². The summed E-state index contributed by atoms with van der Waals surface area (Å²) in [6.45, 7) is 1.85. The normalized spacial score (nSPS) is 9.42. The second kappa shape index (κ2) is 2.75. The summed E-state index contributed by atoms with van der Waals surface area (Å²) < 4.78 is 0. The third kappa shape index (κ3) is 0.981. The SMILES string of the molecule is CC#Cc1c[nH]c2ccccc12. The van der Waals surface area contributed by atoms with Crippen molar-refractivity contribution in [2.75, 3.05) is 0 Å². The van der Waals surface area contributed by atoms with E-state index in [0.717, 1.165) is 11.1 Å². The van der Waals surface area contributed by atoms with Crippen LogP contribution in [-0.4, -0.2) is 4.98 Å². The molecule has 12 heavy (non-hydrogen) atoms. The second-order valence-corrected chi connectivity index (χ2v) is 2.62.